The van der Waals surface area contributed by atoms with Gasteiger partial charge in [-0.1, -0.05) is 30.3 Å². The number of likely N-dealkylation sites (tertiary alicyclic amines) is 1. The third-order valence-electron chi connectivity index (χ3n) is 4.11. The van der Waals surface area contributed by atoms with Gasteiger partial charge in [-0.3, -0.25) is 9.78 Å². The number of amides is 1. The molecule has 0 radical (unpaired) electrons. The zero-order chi connectivity index (χ0) is 16.1. The van der Waals surface area contributed by atoms with Crippen LogP contribution >= 0.6 is 15.9 Å². The van der Waals surface area contributed by atoms with Crippen LogP contribution < -0.4 is 5.32 Å². The number of halogens is 1. The molecule has 4 nitrogen and oxygen atoms in total. The number of pyridine rings is 1. The van der Waals surface area contributed by atoms with Gasteiger partial charge in [0.05, 0.1) is 11.6 Å². The predicted molar refractivity (Wildman–Crippen MR) is 94.3 cm³/mol. The minimum atomic E-state index is -0.0909. The number of rotatable bonds is 5. The summed E-state index contributed by atoms with van der Waals surface area (Å²) in [5, 5.41) is 3.16. The molecular formula is C18H20BrN3O. The maximum Gasteiger partial charge on any atom is 0.253 e. The van der Waals surface area contributed by atoms with Gasteiger partial charge in [0.15, 0.2) is 0 Å². The molecule has 1 amide bonds. The maximum absolute atomic E-state index is 12.6. The van der Waals surface area contributed by atoms with Crippen molar-refractivity contribution < 1.29 is 4.79 Å². The summed E-state index contributed by atoms with van der Waals surface area (Å²) in [5.41, 5.74) is 1.71. The number of aromatic nitrogens is 1. The van der Waals surface area contributed by atoms with Crippen molar-refractivity contribution in [2.45, 2.75) is 18.9 Å². The Labute approximate surface area is 145 Å². The van der Waals surface area contributed by atoms with E-state index in [2.05, 4.69) is 43.3 Å². The number of nitrogens with one attached hydrogen (secondary N) is 1. The van der Waals surface area contributed by atoms with Crippen molar-refractivity contribution >= 4 is 21.8 Å². The summed E-state index contributed by atoms with van der Waals surface area (Å²) in [7, 11) is 0. The Hall–Kier alpha value is -1.72. The van der Waals surface area contributed by atoms with E-state index in [-0.39, 0.29) is 11.9 Å². The van der Waals surface area contributed by atoms with Gasteiger partial charge in [-0.05, 0) is 53.5 Å². The molecule has 23 heavy (non-hydrogen) atoms. The van der Waals surface area contributed by atoms with Crippen LogP contribution in [0.2, 0.25) is 0 Å². The minimum absolute atomic E-state index is 0.0132. The average Bonchev–Trinajstić information content (AvgIpc) is 3.08. The highest BCUT2D eigenvalue weighted by Gasteiger charge is 2.21. The van der Waals surface area contributed by atoms with Crippen LogP contribution in [-0.4, -0.2) is 35.4 Å². The van der Waals surface area contributed by atoms with Gasteiger partial charge in [0.1, 0.15) is 0 Å². The van der Waals surface area contributed by atoms with E-state index in [4.69, 9.17) is 0 Å². The molecule has 2 aromatic rings. The highest BCUT2D eigenvalue weighted by Crippen LogP contribution is 2.19. The zero-order valence-corrected chi connectivity index (χ0v) is 14.5. The van der Waals surface area contributed by atoms with Gasteiger partial charge >= 0.3 is 0 Å². The molecule has 1 unspecified atom stereocenters. The third-order valence-corrected chi connectivity index (χ3v) is 4.55. The van der Waals surface area contributed by atoms with Crippen molar-refractivity contribution in [3.05, 3.63) is 64.4 Å². The fourth-order valence-electron chi connectivity index (χ4n) is 2.92. The first kappa shape index (κ1) is 16.1. The lowest BCUT2D eigenvalue weighted by Crippen LogP contribution is -2.37. The topological polar surface area (TPSA) is 45.2 Å². The second-order valence-electron chi connectivity index (χ2n) is 5.84. The van der Waals surface area contributed by atoms with E-state index in [0.29, 0.717) is 5.56 Å². The third kappa shape index (κ3) is 4.39. The Balaban J connectivity index is 1.76. The summed E-state index contributed by atoms with van der Waals surface area (Å²) in [6, 6.07) is 11.9. The van der Waals surface area contributed by atoms with Crippen LogP contribution in [0, 0.1) is 0 Å². The number of carbonyl (C=O) groups excluding carboxylic acids is 1. The summed E-state index contributed by atoms with van der Waals surface area (Å²) < 4.78 is 0.806. The number of carbonyl (C=O) groups is 1. The summed E-state index contributed by atoms with van der Waals surface area (Å²) in [5.74, 6) is -0.0909. The lowest BCUT2D eigenvalue weighted by molar-refractivity contribution is 0.0926. The zero-order valence-electron chi connectivity index (χ0n) is 12.9. The molecule has 2 heterocycles. The summed E-state index contributed by atoms with van der Waals surface area (Å²) in [6.45, 7) is 3.06. The van der Waals surface area contributed by atoms with Crippen LogP contribution in [0.3, 0.4) is 0 Å². The molecule has 0 bridgehead atoms. The van der Waals surface area contributed by atoms with Crippen molar-refractivity contribution in [1.29, 1.82) is 0 Å². The molecule has 1 N–H and O–H groups in total. The Morgan fingerprint density at radius 2 is 1.96 bits per heavy atom. The van der Waals surface area contributed by atoms with Gasteiger partial charge in [0.25, 0.3) is 5.91 Å². The van der Waals surface area contributed by atoms with Gasteiger partial charge in [0, 0.05) is 23.4 Å². The molecular weight excluding hydrogens is 354 g/mol. The Kier molecular flexibility index (Phi) is 5.41. The molecule has 1 aromatic carbocycles. The molecule has 1 aliphatic heterocycles. The number of nitrogens with zero attached hydrogens (tertiary/aromatic N) is 2. The molecule has 1 atom stereocenters. The van der Waals surface area contributed by atoms with E-state index in [1.54, 1.807) is 18.5 Å². The average molecular weight is 374 g/mol. The molecule has 0 spiro atoms. The number of benzene rings is 1. The van der Waals surface area contributed by atoms with Crippen LogP contribution in [-0.2, 0) is 0 Å². The molecule has 5 heteroatoms. The number of hydrogen-bond acceptors (Lipinski definition) is 3. The molecule has 3 rings (SSSR count). The Morgan fingerprint density at radius 1 is 1.22 bits per heavy atom. The quantitative estimate of drug-likeness (QED) is 0.873. The first-order chi connectivity index (χ1) is 11.2. The van der Waals surface area contributed by atoms with Gasteiger partial charge in [0.2, 0.25) is 0 Å². The molecule has 1 fully saturated rings. The summed E-state index contributed by atoms with van der Waals surface area (Å²) >= 11 is 3.36. The summed E-state index contributed by atoms with van der Waals surface area (Å²) in [6.07, 6.45) is 5.75. The predicted octanol–water partition coefficient (Wildman–Crippen LogP) is 3.41. The van der Waals surface area contributed by atoms with Crippen molar-refractivity contribution in [1.82, 2.24) is 15.2 Å². The first-order valence-corrected chi connectivity index (χ1v) is 8.70. The van der Waals surface area contributed by atoms with Crippen molar-refractivity contribution in [2.75, 3.05) is 19.6 Å². The van der Waals surface area contributed by atoms with E-state index in [9.17, 15) is 4.79 Å². The number of hydrogen-bond donors (Lipinski definition) is 1. The van der Waals surface area contributed by atoms with Gasteiger partial charge in [-0.15, -0.1) is 0 Å². The summed E-state index contributed by atoms with van der Waals surface area (Å²) in [4.78, 5) is 19.0. The van der Waals surface area contributed by atoms with E-state index < -0.39 is 0 Å². The van der Waals surface area contributed by atoms with E-state index in [0.717, 1.165) is 29.7 Å². The molecule has 120 valence electrons. The van der Waals surface area contributed by atoms with Gasteiger partial charge < -0.3 is 10.2 Å². The van der Waals surface area contributed by atoms with Gasteiger partial charge in [-0.2, -0.15) is 0 Å². The normalized spacial score (nSPS) is 16.2. The second kappa shape index (κ2) is 7.70. The van der Waals surface area contributed by atoms with Crippen molar-refractivity contribution in [2.24, 2.45) is 0 Å². The van der Waals surface area contributed by atoms with Crippen LogP contribution in [0.25, 0.3) is 0 Å². The van der Waals surface area contributed by atoms with Crippen LogP contribution in [0.5, 0.6) is 0 Å². The molecule has 1 saturated heterocycles. The monoisotopic (exact) mass is 373 g/mol. The lowest BCUT2D eigenvalue weighted by atomic mass is 10.1. The lowest BCUT2D eigenvalue weighted by Gasteiger charge is -2.25. The standard InChI is InChI=1S/C18H20BrN3O/c19-16-10-15(11-20-12-16)18(23)21-17(13-22-8-4-5-9-22)14-6-2-1-3-7-14/h1-3,6-7,10-12,17H,4-5,8-9,13H2,(H,21,23). The molecule has 1 aromatic heterocycles. The van der Waals surface area contributed by atoms with E-state index >= 15 is 0 Å². The fourth-order valence-corrected chi connectivity index (χ4v) is 3.29. The SMILES string of the molecule is O=C(NC(CN1CCCC1)c1ccccc1)c1cncc(Br)c1. The van der Waals surface area contributed by atoms with Crippen LogP contribution in [0.1, 0.15) is 34.8 Å². The van der Waals surface area contributed by atoms with E-state index in [1.807, 2.05) is 18.2 Å². The van der Waals surface area contributed by atoms with Crippen LogP contribution in [0.4, 0.5) is 0 Å². The largest absolute Gasteiger partial charge is 0.344 e. The Bertz CT molecular complexity index is 656. The van der Waals surface area contributed by atoms with Crippen molar-refractivity contribution in [3.63, 3.8) is 0 Å². The second-order valence-corrected chi connectivity index (χ2v) is 6.75. The van der Waals surface area contributed by atoms with E-state index in [1.165, 1.54) is 12.8 Å². The smallest absolute Gasteiger partial charge is 0.253 e. The van der Waals surface area contributed by atoms with Gasteiger partial charge in [-0.25, -0.2) is 0 Å². The maximum atomic E-state index is 12.6. The highest BCUT2D eigenvalue weighted by atomic mass is 79.9. The molecule has 1 aliphatic rings. The fraction of sp³-hybridized carbons (Fsp3) is 0.333. The van der Waals surface area contributed by atoms with Crippen LogP contribution in [0.15, 0.2) is 53.3 Å². The molecule has 0 saturated carbocycles. The highest BCUT2D eigenvalue weighted by molar-refractivity contribution is 9.10. The van der Waals surface area contributed by atoms with Crippen molar-refractivity contribution in [3.8, 4) is 0 Å². The minimum Gasteiger partial charge on any atom is -0.344 e. The molecule has 0 aliphatic carbocycles. The first-order valence-electron chi connectivity index (χ1n) is 7.91. The Morgan fingerprint density at radius 3 is 2.65 bits per heavy atom.